The molecule has 2 aromatic carbocycles. The van der Waals surface area contributed by atoms with Gasteiger partial charge in [0.15, 0.2) is 0 Å². The number of hydrogen-bond acceptors (Lipinski definition) is 2. The van der Waals surface area contributed by atoms with E-state index in [4.69, 9.17) is 28.5 Å². The Morgan fingerprint density at radius 3 is 2.53 bits per heavy atom. The van der Waals surface area contributed by atoms with Gasteiger partial charge in [0, 0.05) is 12.9 Å². The second kappa shape index (κ2) is 5.97. The topological polar surface area (TPSA) is 27.0 Å². The number of nitrogens with zero attached hydrogens (tertiary/aromatic N) is 2. The highest BCUT2D eigenvalue weighted by molar-refractivity contribution is 6.33. The maximum atomic E-state index is 9.14. The minimum atomic E-state index is 0.429. The summed E-state index contributed by atoms with van der Waals surface area (Å²) in [4.78, 5) is 1.90. The lowest BCUT2D eigenvalue weighted by Crippen LogP contribution is -2.11. The zero-order valence-electron chi connectivity index (χ0n) is 10.4. The molecule has 0 heterocycles. The number of halogens is 2. The lowest BCUT2D eigenvalue weighted by Gasteiger charge is -2.22. The van der Waals surface area contributed by atoms with E-state index in [1.807, 2.05) is 48.3 Å². The lowest BCUT2D eigenvalue weighted by molar-refractivity contribution is 1.19. The van der Waals surface area contributed by atoms with E-state index in [1.165, 1.54) is 0 Å². The number of rotatable bonds is 3. The predicted molar refractivity (Wildman–Crippen MR) is 80.2 cm³/mol. The zero-order valence-corrected chi connectivity index (χ0v) is 11.9. The number of anilines is 2. The van der Waals surface area contributed by atoms with Gasteiger partial charge in [0.05, 0.1) is 22.0 Å². The monoisotopic (exact) mass is 290 g/mol. The summed E-state index contributed by atoms with van der Waals surface area (Å²) in [6, 6.07) is 15.3. The number of nitriles is 1. The third kappa shape index (κ3) is 2.84. The van der Waals surface area contributed by atoms with Gasteiger partial charge in [-0.3, -0.25) is 0 Å². The summed E-state index contributed by atoms with van der Waals surface area (Å²) in [6.07, 6.45) is 0. The van der Waals surface area contributed by atoms with Crippen LogP contribution in [-0.2, 0) is 5.88 Å². The number of benzene rings is 2. The van der Waals surface area contributed by atoms with E-state index in [2.05, 4.69) is 6.07 Å². The normalized spacial score (nSPS) is 10.0. The second-order valence-corrected chi connectivity index (χ2v) is 4.78. The summed E-state index contributed by atoms with van der Waals surface area (Å²) >= 11 is 12.0. The maximum Gasteiger partial charge on any atom is 0.101 e. The van der Waals surface area contributed by atoms with Crippen LogP contribution in [0.2, 0.25) is 5.02 Å². The van der Waals surface area contributed by atoms with Gasteiger partial charge in [0.25, 0.3) is 0 Å². The van der Waals surface area contributed by atoms with Gasteiger partial charge in [-0.1, -0.05) is 29.8 Å². The van der Waals surface area contributed by atoms with Crippen LogP contribution in [0.5, 0.6) is 0 Å². The van der Waals surface area contributed by atoms with Crippen molar-refractivity contribution in [2.75, 3.05) is 11.9 Å². The molecule has 2 rings (SSSR count). The number of para-hydroxylation sites is 1. The van der Waals surface area contributed by atoms with Crippen LogP contribution in [0.4, 0.5) is 11.4 Å². The van der Waals surface area contributed by atoms with Crippen molar-refractivity contribution >= 4 is 34.6 Å². The molecule has 0 spiro atoms. The summed E-state index contributed by atoms with van der Waals surface area (Å²) in [6.45, 7) is 0. The van der Waals surface area contributed by atoms with E-state index < -0.39 is 0 Å². The van der Waals surface area contributed by atoms with Gasteiger partial charge in [-0.2, -0.15) is 5.26 Å². The Bertz CT molecular complexity index is 632. The van der Waals surface area contributed by atoms with E-state index >= 15 is 0 Å². The fraction of sp³-hybridized carbons (Fsp3) is 0.133. The molecule has 2 nitrogen and oxygen atoms in total. The summed E-state index contributed by atoms with van der Waals surface area (Å²) in [7, 11) is 1.89. The van der Waals surface area contributed by atoms with E-state index in [-0.39, 0.29) is 0 Å². The van der Waals surface area contributed by atoms with E-state index in [9.17, 15) is 0 Å². The lowest BCUT2D eigenvalue weighted by atomic mass is 10.1. The van der Waals surface area contributed by atoms with Crippen LogP contribution in [0.3, 0.4) is 0 Å². The van der Waals surface area contributed by atoms with Crippen molar-refractivity contribution in [1.82, 2.24) is 0 Å². The average molecular weight is 291 g/mol. The van der Waals surface area contributed by atoms with Crippen LogP contribution in [0.1, 0.15) is 11.1 Å². The molecule has 19 heavy (non-hydrogen) atoms. The highest BCUT2D eigenvalue weighted by atomic mass is 35.5. The molecule has 0 saturated heterocycles. The molecule has 0 unspecified atom stereocenters. The Kier molecular flexibility index (Phi) is 4.31. The van der Waals surface area contributed by atoms with Gasteiger partial charge >= 0.3 is 0 Å². The summed E-state index contributed by atoms with van der Waals surface area (Å²) in [5, 5.41) is 9.76. The first-order valence-corrected chi connectivity index (χ1v) is 6.66. The largest absolute Gasteiger partial charge is 0.342 e. The Morgan fingerprint density at radius 1 is 1.16 bits per heavy atom. The molecule has 0 N–H and O–H groups in total. The van der Waals surface area contributed by atoms with E-state index in [0.29, 0.717) is 16.5 Å². The molecule has 2 aromatic rings. The summed E-state index contributed by atoms with van der Waals surface area (Å²) in [5.74, 6) is 0.429. The van der Waals surface area contributed by atoms with Gasteiger partial charge in [0.2, 0.25) is 0 Å². The SMILES string of the molecule is CN(c1ccc(CCl)cc1Cl)c1ccccc1C#N. The highest BCUT2D eigenvalue weighted by Crippen LogP contribution is 2.33. The number of hydrogen-bond donors (Lipinski definition) is 0. The molecule has 0 aliphatic heterocycles. The van der Waals surface area contributed by atoms with Gasteiger partial charge in [-0.15, -0.1) is 11.6 Å². The highest BCUT2D eigenvalue weighted by Gasteiger charge is 2.11. The summed E-state index contributed by atoms with van der Waals surface area (Å²) in [5.41, 5.74) is 3.25. The van der Waals surface area contributed by atoms with E-state index in [0.717, 1.165) is 16.9 Å². The van der Waals surface area contributed by atoms with Crippen molar-refractivity contribution < 1.29 is 0 Å². The summed E-state index contributed by atoms with van der Waals surface area (Å²) < 4.78 is 0. The van der Waals surface area contributed by atoms with Crippen molar-refractivity contribution in [2.45, 2.75) is 5.88 Å². The fourth-order valence-electron chi connectivity index (χ4n) is 1.90. The van der Waals surface area contributed by atoms with Gasteiger partial charge in [-0.25, -0.2) is 0 Å². The molecule has 0 fully saturated rings. The third-order valence-electron chi connectivity index (χ3n) is 2.91. The van der Waals surface area contributed by atoms with E-state index in [1.54, 1.807) is 6.07 Å². The smallest absolute Gasteiger partial charge is 0.101 e. The van der Waals surface area contributed by atoms with Crippen LogP contribution < -0.4 is 4.90 Å². The van der Waals surface area contributed by atoms with Crippen LogP contribution in [-0.4, -0.2) is 7.05 Å². The van der Waals surface area contributed by atoms with Crippen molar-refractivity contribution in [3.63, 3.8) is 0 Å². The number of alkyl halides is 1. The standard InChI is InChI=1S/C15H12Cl2N2/c1-19(14-5-3-2-4-12(14)10-18)15-7-6-11(9-16)8-13(15)17/h2-8H,9H2,1H3. The van der Waals surface area contributed by atoms with Crippen molar-refractivity contribution in [3.8, 4) is 6.07 Å². The Hall–Kier alpha value is -1.69. The van der Waals surface area contributed by atoms with Gasteiger partial charge < -0.3 is 4.90 Å². The van der Waals surface area contributed by atoms with Crippen molar-refractivity contribution in [2.24, 2.45) is 0 Å². The van der Waals surface area contributed by atoms with Crippen LogP contribution in [0.25, 0.3) is 0 Å². The predicted octanol–water partition coefficient (Wildman–Crippen LogP) is 4.72. The Balaban J connectivity index is 2.45. The molecule has 0 radical (unpaired) electrons. The second-order valence-electron chi connectivity index (χ2n) is 4.11. The molecule has 0 amide bonds. The van der Waals surface area contributed by atoms with Gasteiger partial charge in [-0.05, 0) is 29.8 Å². The molecule has 96 valence electrons. The third-order valence-corrected chi connectivity index (χ3v) is 3.52. The van der Waals surface area contributed by atoms with Crippen LogP contribution >= 0.6 is 23.2 Å². The fourth-order valence-corrected chi connectivity index (χ4v) is 2.39. The zero-order chi connectivity index (χ0) is 13.8. The molecule has 0 aliphatic carbocycles. The molecule has 0 aliphatic rings. The quantitative estimate of drug-likeness (QED) is 0.765. The first-order valence-electron chi connectivity index (χ1n) is 5.74. The first kappa shape index (κ1) is 13.7. The minimum Gasteiger partial charge on any atom is -0.342 e. The van der Waals surface area contributed by atoms with Crippen LogP contribution in [0, 0.1) is 11.3 Å². The minimum absolute atomic E-state index is 0.429. The molecular weight excluding hydrogens is 279 g/mol. The molecule has 0 bridgehead atoms. The molecule has 4 heteroatoms. The van der Waals surface area contributed by atoms with Crippen molar-refractivity contribution in [1.29, 1.82) is 5.26 Å². The molecule has 0 atom stereocenters. The Morgan fingerprint density at radius 2 is 1.89 bits per heavy atom. The maximum absolute atomic E-state index is 9.14. The molecular formula is C15H12Cl2N2. The molecule has 0 aromatic heterocycles. The first-order chi connectivity index (χ1) is 9.17. The van der Waals surface area contributed by atoms with Gasteiger partial charge in [0.1, 0.15) is 6.07 Å². The average Bonchev–Trinajstić information content (AvgIpc) is 2.46. The Labute approximate surface area is 122 Å². The molecule has 0 saturated carbocycles. The van der Waals surface area contributed by atoms with Crippen molar-refractivity contribution in [3.05, 3.63) is 58.6 Å². The van der Waals surface area contributed by atoms with Crippen LogP contribution in [0.15, 0.2) is 42.5 Å².